The van der Waals surface area contributed by atoms with Gasteiger partial charge in [0, 0.05) is 79.7 Å². The quantitative estimate of drug-likeness (QED) is 0.385. The van der Waals surface area contributed by atoms with E-state index >= 15 is 0 Å². The lowest BCUT2D eigenvalue weighted by Gasteiger charge is -2.35. The first-order chi connectivity index (χ1) is 18.6. The average Bonchev–Trinajstić information content (AvgIpc) is 3.27. The van der Waals surface area contributed by atoms with E-state index in [1.54, 1.807) is 7.11 Å². The van der Waals surface area contributed by atoms with Crippen LogP contribution in [0.15, 0.2) is 71.7 Å². The van der Waals surface area contributed by atoms with Gasteiger partial charge in [-0.3, -0.25) is 9.80 Å². The van der Waals surface area contributed by atoms with E-state index in [4.69, 9.17) is 22.1 Å². The molecule has 0 amide bonds. The lowest BCUT2D eigenvalue weighted by atomic mass is 10.0. The van der Waals surface area contributed by atoms with Crippen molar-refractivity contribution in [2.45, 2.75) is 38.9 Å². The van der Waals surface area contributed by atoms with Crippen LogP contribution in [0.3, 0.4) is 0 Å². The number of ether oxygens (including phenoxy) is 1. The van der Waals surface area contributed by atoms with Crippen molar-refractivity contribution in [2.24, 2.45) is 10.7 Å². The third-order valence-corrected chi connectivity index (χ3v) is 7.84. The van der Waals surface area contributed by atoms with Crippen molar-refractivity contribution in [3.05, 3.63) is 88.4 Å². The number of methoxy groups -OCH3 is 1. The number of benzene rings is 2. The predicted molar refractivity (Wildman–Crippen MR) is 158 cm³/mol. The number of aryl methyl sites for hydroxylation is 1. The maximum Gasteiger partial charge on any atom is 0.208 e. The Labute approximate surface area is 231 Å². The van der Waals surface area contributed by atoms with Crippen LogP contribution in [0.5, 0.6) is 0 Å². The standard InChI is InChI=1S/C31H38ClN5O/c1-38-31-10-5-3-7-25(20-34-31)28-23-37(14-6-13-33)30-12-11-24(19-27(28)30)21-35-15-17-36(18-16-35)22-26-8-2-4-9-29(26)32/h2,4,7-12,19-20,23H,3,5-6,13-18,21-22,33H2,1H3/b25-7?,31-10+,34-20-. The third-order valence-electron chi connectivity index (χ3n) is 7.47. The van der Waals surface area contributed by atoms with Gasteiger partial charge in [-0.2, -0.15) is 0 Å². The minimum Gasteiger partial charge on any atom is -0.481 e. The van der Waals surface area contributed by atoms with Crippen LogP contribution in [0.25, 0.3) is 16.5 Å². The number of piperazine rings is 1. The number of allylic oxidation sites excluding steroid dienone is 3. The average molecular weight is 532 g/mol. The molecule has 0 bridgehead atoms. The van der Waals surface area contributed by atoms with Gasteiger partial charge in [0.15, 0.2) is 0 Å². The molecule has 2 N–H and O–H groups in total. The van der Waals surface area contributed by atoms with Gasteiger partial charge in [-0.15, -0.1) is 0 Å². The molecule has 5 rings (SSSR count). The van der Waals surface area contributed by atoms with Crippen LogP contribution in [0.1, 0.15) is 36.0 Å². The Hall–Kier alpha value is -2.90. The minimum absolute atomic E-state index is 0.678. The summed E-state index contributed by atoms with van der Waals surface area (Å²) >= 11 is 6.39. The fourth-order valence-electron chi connectivity index (χ4n) is 5.35. The summed E-state index contributed by atoms with van der Waals surface area (Å²) in [5.74, 6) is 0.678. The Bertz CT molecular complexity index is 1330. The van der Waals surface area contributed by atoms with Crippen LogP contribution >= 0.6 is 11.6 Å². The van der Waals surface area contributed by atoms with E-state index in [1.165, 1.54) is 27.6 Å². The van der Waals surface area contributed by atoms with Crippen LogP contribution in [-0.4, -0.2) is 60.4 Å². The van der Waals surface area contributed by atoms with Gasteiger partial charge in [-0.25, -0.2) is 4.99 Å². The summed E-state index contributed by atoms with van der Waals surface area (Å²) in [6.45, 7) is 7.66. The largest absolute Gasteiger partial charge is 0.481 e. The molecule has 200 valence electrons. The maximum atomic E-state index is 6.39. The number of rotatable bonds is 9. The van der Waals surface area contributed by atoms with Crippen molar-refractivity contribution in [1.82, 2.24) is 14.4 Å². The number of aliphatic imine (C=N–C) groups is 1. The predicted octanol–water partition coefficient (Wildman–Crippen LogP) is 5.70. The van der Waals surface area contributed by atoms with Crippen LogP contribution in [0, 0.1) is 0 Å². The molecular weight excluding hydrogens is 494 g/mol. The van der Waals surface area contributed by atoms with E-state index in [1.807, 2.05) is 24.4 Å². The van der Waals surface area contributed by atoms with Gasteiger partial charge in [0.05, 0.1) is 7.11 Å². The molecule has 6 nitrogen and oxygen atoms in total. The van der Waals surface area contributed by atoms with E-state index in [9.17, 15) is 0 Å². The van der Waals surface area contributed by atoms with Crippen molar-refractivity contribution < 1.29 is 4.74 Å². The topological polar surface area (TPSA) is 59.0 Å². The molecule has 1 fully saturated rings. The second-order valence-electron chi connectivity index (χ2n) is 10.1. The normalized spacial score (nSPS) is 19.4. The fourth-order valence-corrected chi connectivity index (χ4v) is 5.55. The Morgan fingerprint density at radius 1 is 0.974 bits per heavy atom. The van der Waals surface area contributed by atoms with Gasteiger partial charge in [0.25, 0.3) is 0 Å². The number of nitrogens with two attached hydrogens (primary N) is 1. The summed E-state index contributed by atoms with van der Waals surface area (Å²) in [7, 11) is 1.68. The molecule has 0 radical (unpaired) electrons. The highest BCUT2D eigenvalue weighted by Crippen LogP contribution is 2.30. The summed E-state index contributed by atoms with van der Waals surface area (Å²) in [5, 5.41) is 2.13. The van der Waals surface area contributed by atoms with E-state index in [0.29, 0.717) is 12.4 Å². The molecule has 0 atom stereocenters. The molecule has 3 aromatic rings. The number of hydrogen-bond acceptors (Lipinski definition) is 5. The Morgan fingerprint density at radius 3 is 2.50 bits per heavy atom. The molecule has 0 spiro atoms. The van der Waals surface area contributed by atoms with Gasteiger partial charge in [-0.1, -0.05) is 41.9 Å². The highest BCUT2D eigenvalue weighted by atomic mass is 35.5. The monoisotopic (exact) mass is 531 g/mol. The second-order valence-corrected chi connectivity index (χ2v) is 10.5. The highest BCUT2D eigenvalue weighted by Gasteiger charge is 2.19. The van der Waals surface area contributed by atoms with Crippen molar-refractivity contribution in [3.63, 3.8) is 0 Å². The zero-order chi connectivity index (χ0) is 26.3. The molecule has 2 aliphatic heterocycles. The molecule has 2 aromatic carbocycles. The smallest absolute Gasteiger partial charge is 0.208 e. The summed E-state index contributed by atoms with van der Waals surface area (Å²) < 4.78 is 7.75. The van der Waals surface area contributed by atoms with E-state index in [2.05, 4.69) is 62.0 Å². The zero-order valence-electron chi connectivity index (χ0n) is 22.3. The molecule has 0 saturated carbocycles. The lowest BCUT2D eigenvalue weighted by Crippen LogP contribution is -2.45. The number of aromatic nitrogens is 1. The zero-order valence-corrected chi connectivity index (χ0v) is 23.0. The third kappa shape index (κ3) is 6.38. The molecular formula is C31H38ClN5O. The van der Waals surface area contributed by atoms with Crippen molar-refractivity contribution in [1.29, 1.82) is 0 Å². The van der Waals surface area contributed by atoms with Gasteiger partial charge in [-0.05, 0) is 66.8 Å². The van der Waals surface area contributed by atoms with Crippen LogP contribution in [0.4, 0.5) is 0 Å². The molecule has 0 aliphatic carbocycles. The summed E-state index contributed by atoms with van der Waals surface area (Å²) in [5.41, 5.74) is 12.0. The minimum atomic E-state index is 0.678. The Kier molecular flexibility index (Phi) is 8.97. The second kappa shape index (κ2) is 12.8. The van der Waals surface area contributed by atoms with Gasteiger partial charge in [0.2, 0.25) is 5.88 Å². The number of fused-ring (bicyclic) bond motifs is 1. The van der Waals surface area contributed by atoms with Gasteiger partial charge >= 0.3 is 0 Å². The number of hydrogen-bond donors (Lipinski definition) is 1. The van der Waals surface area contributed by atoms with Crippen LogP contribution in [-0.2, 0) is 24.4 Å². The number of nitrogens with zero attached hydrogens (tertiary/aromatic N) is 4. The van der Waals surface area contributed by atoms with E-state index < -0.39 is 0 Å². The summed E-state index contributed by atoms with van der Waals surface area (Å²) in [6.07, 6.45) is 11.4. The Balaban J connectivity index is 1.33. The molecule has 1 aromatic heterocycles. The maximum absolute atomic E-state index is 6.39. The number of halogens is 1. The molecule has 38 heavy (non-hydrogen) atoms. The van der Waals surface area contributed by atoms with E-state index in [0.717, 1.165) is 75.7 Å². The summed E-state index contributed by atoms with van der Waals surface area (Å²) in [6, 6.07) is 15.1. The van der Waals surface area contributed by atoms with Gasteiger partial charge in [0.1, 0.15) is 0 Å². The molecule has 7 heteroatoms. The van der Waals surface area contributed by atoms with E-state index in [-0.39, 0.29) is 0 Å². The van der Waals surface area contributed by atoms with Crippen molar-refractivity contribution in [3.8, 4) is 0 Å². The first kappa shape index (κ1) is 26.7. The lowest BCUT2D eigenvalue weighted by molar-refractivity contribution is 0.122. The highest BCUT2D eigenvalue weighted by molar-refractivity contribution is 6.31. The SMILES string of the molecule is COC1=C/CCC=C(c2cn(CCCN)c3ccc(CN4CCN(Cc5ccccc5Cl)CC4)cc23)/C=N\1. The fraction of sp³-hybridized carbons (Fsp3) is 0.387. The first-order valence-corrected chi connectivity index (χ1v) is 14.0. The Morgan fingerprint density at radius 2 is 1.74 bits per heavy atom. The first-order valence-electron chi connectivity index (χ1n) is 13.6. The van der Waals surface area contributed by atoms with Crippen LogP contribution < -0.4 is 5.73 Å². The van der Waals surface area contributed by atoms with Gasteiger partial charge < -0.3 is 15.0 Å². The van der Waals surface area contributed by atoms with Crippen molar-refractivity contribution >= 4 is 34.3 Å². The molecule has 0 unspecified atom stereocenters. The molecule has 1 saturated heterocycles. The van der Waals surface area contributed by atoms with Crippen LogP contribution in [0.2, 0.25) is 5.02 Å². The molecule has 3 heterocycles. The summed E-state index contributed by atoms with van der Waals surface area (Å²) in [4.78, 5) is 9.65. The molecule has 2 aliphatic rings. The van der Waals surface area contributed by atoms with Crippen molar-refractivity contribution in [2.75, 3.05) is 39.8 Å².